The van der Waals surface area contributed by atoms with E-state index in [2.05, 4.69) is 23.7 Å². The second kappa shape index (κ2) is 11.1. The van der Waals surface area contributed by atoms with Gasteiger partial charge in [-0.25, -0.2) is 4.79 Å². The summed E-state index contributed by atoms with van der Waals surface area (Å²) in [5.74, 6) is 1.33. The van der Waals surface area contributed by atoms with Crippen molar-refractivity contribution in [2.75, 3.05) is 35.5 Å². The zero-order chi connectivity index (χ0) is 25.8. The molecule has 1 atom stereocenters. The van der Waals surface area contributed by atoms with Crippen LogP contribution in [0.15, 0.2) is 60.8 Å². The molecule has 8 heteroatoms. The summed E-state index contributed by atoms with van der Waals surface area (Å²) in [7, 11) is 3.11. The average Bonchev–Trinajstić information content (AvgIpc) is 3.16. The van der Waals surface area contributed by atoms with Crippen LogP contribution >= 0.6 is 11.6 Å². The number of hydrogen-bond donors (Lipinski definition) is 0. The molecule has 4 rings (SSSR count). The Labute approximate surface area is 218 Å². The van der Waals surface area contributed by atoms with Crippen LogP contribution in [0.4, 0.5) is 21.9 Å². The molecule has 0 saturated carbocycles. The quantitative estimate of drug-likeness (QED) is 0.343. The number of hydrogen-bond acceptors (Lipinski definition) is 5. The number of amides is 2. The monoisotopic (exact) mass is 508 g/mol. The second-order valence-electron chi connectivity index (χ2n) is 9.19. The van der Waals surface area contributed by atoms with Gasteiger partial charge in [-0.15, -0.1) is 0 Å². The molecule has 0 spiro atoms. The number of benzene rings is 2. The Morgan fingerprint density at radius 3 is 2.42 bits per heavy atom. The van der Waals surface area contributed by atoms with E-state index < -0.39 is 0 Å². The highest BCUT2D eigenvalue weighted by Crippen LogP contribution is 2.44. The summed E-state index contributed by atoms with van der Waals surface area (Å²) in [5, 5.41) is 0.347. The molecule has 7 nitrogen and oxygen atoms in total. The van der Waals surface area contributed by atoms with Gasteiger partial charge in [0, 0.05) is 12.7 Å². The van der Waals surface area contributed by atoms with Crippen LogP contribution in [0.2, 0.25) is 5.02 Å². The average molecular weight is 509 g/mol. The number of urea groups is 1. The summed E-state index contributed by atoms with van der Waals surface area (Å²) in [6.45, 7) is 7.42. The summed E-state index contributed by atoms with van der Waals surface area (Å²) in [5.41, 5.74) is 3.38. The van der Waals surface area contributed by atoms with Gasteiger partial charge in [0.1, 0.15) is 11.2 Å². The highest BCUT2D eigenvalue weighted by molar-refractivity contribution is 6.35. The number of carbonyl (C=O) groups is 1. The largest absolute Gasteiger partial charge is 0.493 e. The first-order valence-corrected chi connectivity index (χ1v) is 12.5. The molecule has 0 N–H and O–H groups in total. The molecule has 1 aromatic heterocycles. The molecule has 0 fully saturated rings. The van der Waals surface area contributed by atoms with Crippen LogP contribution in [-0.2, 0) is 6.54 Å². The van der Waals surface area contributed by atoms with E-state index in [9.17, 15) is 4.79 Å². The van der Waals surface area contributed by atoms with Crippen molar-refractivity contribution in [3.8, 4) is 11.5 Å². The van der Waals surface area contributed by atoms with Crippen molar-refractivity contribution < 1.29 is 14.3 Å². The smallest absolute Gasteiger partial charge is 0.330 e. The first-order chi connectivity index (χ1) is 17.4. The first kappa shape index (κ1) is 25.6. The number of aromatic nitrogens is 1. The van der Waals surface area contributed by atoms with E-state index in [1.54, 1.807) is 31.4 Å². The number of fused-ring (bicyclic) bond motifs is 1. The minimum Gasteiger partial charge on any atom is -0.493 e. The SMILES string of the molecule is COc1ccc(N(CCC(C)C)C(=O)N2c3ccccc3N(Cc3ccccn3)C2C)c(Cl)c1OC. The topological polar surface area (TPSA) is 58.1 Å². The fourth-order valence-electron chi connectivity index (χ4n) is 4.52. The van der Waals surface area contributed by atoms with Crippen molar-refractivity contribution in [1.82, 2.24) is 4.98 Å². The summed E-state index contributed by atoms with van der Waals surface area (Å²) in [6.07, 6.45) is 2.38. The predicted molar refractivity (Wildman–Crippen MR) is 146 cm³/mol. The maximum atomic E-state index is 14.3. The Morgan fingerprint density at radius 2 is 1.78 bits per heavy atom. The van der Waals surface area contributed by atoms with E-state index in [1.807, 2.05) is 60.4 Å². The van der Waals surface area contributed by atoms with E-state index in [0.29, 0.717) is 41.2 Å². The Morgan fingerprint density at radius 1 is 1.06 bits per heavy atom. The van der Waals surface area contributed by atoms with Gasteiger partial charge in [0.25, 0.3) is 0 Å². The molecule has 3 aromatic rings. The van der Waals surface area contributed by atoms with Gasteiger partial charge >= 0.3 is 6.03 Å². The zero-order valence-electron chi connectivity index (χ0n) is 21.4. The van der Waals surface area contributed by atoms with Crippen LogP contribution in [0.1, 0.15) is 32.9 Å². The lowest BCUT2D eigenvalue weighted by molar-refractivity contribution is 0.249. The molecule has 0 aliphatic carbocycles. The lowest BCUT2D eigenvalue weighted by atomic mass is 10.1. The molecule has 190 valence electrons. The van der Waals surface area contributed by atoms with Crippen LogP contribution < -0.4 is 24.2 Å². The molecule has 2 heterocycles. The van der Waals surface area contributed by atoms with Crippen LogP contribution in [0, 0.1) is 5.92 Å². The number of pyridine rings is 1. The molecule has 2 aromatic carbocycles. The maximum Gasteiger partial charge on any atom is 0.330 e. The van der Waals surface area contributed by atoms with Gasteiger partial charge in [-0.05, 0) is 55.7 Å². The Kier molecular flexibility index (Phi) is 7.89. The van der Waals surface area contributed by atoms with E-state index in [0.717, 1.165) is 23.5 Å². The molecule has 2 amide bonds. The second-order valence-corrected chi connectivity index (χ2v) is 9.57. The van der Waals surface area contributed by atoms with Gasteiger partial charge in [-0.1, -0.05) is 43.6 Å². The number of carbonyl (C=O) groups excluding carboxylic acids is 1. The van der Waals surface area contributed by atoms with Crippen LogP contribution in [0.5, 0.6) is 11.5 Å². The van der Waals surface area contributed by atoms with Crippen molar-refractivity contribution in [3.63, 3.8) is 0 Å². The lowest BCUT2D eigenvalue weighted by Crippen LogP contribution is -2.50. The number of para-hydroxylation sites is 2. The summed E-state index contributed by atoms with van der Waals surface area (Å²) >= 11 is 6.79. The van der Waals surface area contributed by atoms with Crippen molar-refractivity contribution >= 4 is 34.7 Å². The Hall–Kier alpha value is -3.45. The molecular formula is C28H33ClN4O3. The van der Waals surface area contributed by atoms with Crippen molar-refractivity contribution in [3.05, 3.63) is 71.5 Å². The number of rotatable bonds is 8. The molecule has 0 radical (unpaired) electrons. The van der Waals surface area contributed by atoms with Gasteiger partial charge < -0.3 is 14.4 Å². The third-order valence-corrected chi connectivity index (χ3v) is 6.82. The van der Waals surface area contributed by atoms with E-state index in [4.69, 9.17) is 21.1 Å². The fourth-order valence-corrected chi connectivity index (χ4v) is 4.86. The third kappa shape index (κ3) is 4.93. The van der Waals surface area contributed by atoms with Crippen molar-refractivity contribution in [2.24, 2.45) is 5.92 Å². The number of methoxy groups -OCH3 is 2. The summed E-state index contributed by atoms with van der Waals surface area (Å²) in [6, 6.07) is 17.3. The van der Waals surface area contributed by atoms with Gasteiger partial charge in [-0.2, -0.15) is 0 Å². The molecule has 1 aliphatic heterocycles. The first-order valence-electron chi connectivity index (χ1n) is 12.1. The Balaban J connectivity index is 1.74. The van der Waals surface area contributed by atoms with Gasteiger partial charge in [-0.3, -0.25) is 14.8 Å². The third-order valence-electron chi connectivity index (χ3n) is 6.46. The minimum atomic E-state index is -0.225. The molecule has 1 unspecified atom stereocenters. The minimum absolute atomic E-state index is 0.145. The lowest BCUT2D eigenvalue weighted by Gasteiger charge is -2.34. The normalized spacial score (nSPS) is 14.7. The standard InChI is InChI=1S/C28H33ClN4O3/c1-19(2)15-17-31(24-13-14-25(35-4)27(36-5)26(24)29)28(34)33-20(3)32(18-21-10-8-9-16-30-21)22-11-6-7-12-23(22)33/h6-14,16,19-20H,15,17-18H2,1-5H3. The van der Waals surface area contributed by atoms with Gasteiger partial charge in [0.05, 0.1) is 43.5 Å². The number of nitrogens with zero attached hydrogens (tertiary/aromatic N) is 4. The molecular weight excluding hydrogens is 476 g/mol. The van der Waals surface area contributed by atoms with Gasteiger partial charge in [0.2, 0.25) is 0 Å². The van der Waals surface area contributed by atoms with E-state index in [-0.39, 0.29) is 12.2 Å². The van der Waals surface area contributed by atoms with E-state index >= 15 is 0 Å². The van der Waals surface area contributed by atoms with Crippen molar-refractivity contribution in [2.45, 2.75) is 39.9 Å². The predicted octanol–water partition coefficient (Wildman–Crippen LogP) is 6.60. The zero-order valence-corrected chi connectivity index (χ0v) is 22.2. The summed E-state index contributed by atoms with van der Waals surface area (Å²) in [4.78, 5) is 24.6. The highest BCUT2D eigenvalue weighted by Gasteiger charge is 2.39. The van der Waals surface area contributed by atoms with Crippen LogP contribution in [0.25, 0.3) is 0 Å². The van der Waals surface area contributed by atoms with Gasteiger partial charge in [0.15, 0.2) is 11.5 Å². The number of ether oxygens (including phenoxy) is 2. The van der Waals surface area contributed by atoms with Crippen LogP contribution in [-0.4, -0.2) is 37.9 Å². The molecule has 0 bridgehead atoms. The highest BCUT2D eigenvalue weighted by atomic mass is 35.5. The van der Waals surface area contributed by atoms with Crippen molar-refractivity contribution in [1.29, 1.82) is 0 Å². The van der Waals surface area contributed by atoms with Crippen LogP contribution in [0.3, 0.4) is 0 Å². The maximum absolute atomic E-state index is 14.3. The number of halogens is 1. The Bertz CT molecular complexity index is 1200. The summed E-state index contributed by atoms with van der Waals surface area (Å²) < 4.78 is 10.9. The molecule has 1 aliphatic rings. The molecule has 0 saturated heterocycles. The van der Waals surface area contributed by atoms with E-state index in [1.165, 1.54) is 0 Å². The fraction of sp³-hybridized carbons (Fsp3) is 0.357. The number of anilines is 3. The molecule has 36 heavy (non-hydrogen) atoms.